The third-order valence-electron chi connectivity index (χ3n) is 7.17. The number of nitrogens with zero attached hydrogens (tertiary/aromatic N) is 2. The summed E-state index contributed by atoms with van der Waals surface area (Å²) in [5.41, 5.74) is 2.20. The lowest BCUT2D eigenvalue weighted by Gasteiger charge is -2.28. The fraction of sp³-hybridized carbons (Fsp3) is 0.385. The molecule has 2 aromatic carbocycles. The molecule has 6 rings (SSSR count). The van der Waals surface area contributed by atoms with Crippen LogP contribution in [0.2, 0.25) is 5.02 Å². The molecule has 3 aliphatic rings. The highest BCUT2D eigenvalue weighted by atomic mass is 35.5. The topological polar surface area (TPSA) is 83.9 Å². The molecule has 1 aliphatic carbocycles. The number of rotatable bonds is 6. The van der Waals surface area contributed by atoms with Crippen molar-refractivity contribution < 1.29 is 19.4 Å². The number of likely N-dealkylation sites (tertiary alicyclic amines) is 1. The van der Waals surface area contributed by atoms with Crippen LogP contribution in [-0.4, -0.2) is 46.9 Å². The average molecular weight is 512 g/mol. The Bertz CT molecular complexity index is 1290. The highest BCUT2D eigenvalue weighted by Gasteiger charge is 2.52. The summed E-state index contributed by atoms with van der Waals surface area (Å²) in [6.07, 6.45) is 1.93. The average Bonchev–Trinajstić information content (AvgIpc) is 3.13. The molecule has 1 saturated carbocycles. The van der Waals surface area contributed by atoms with Gasteiger partial charge in [0.05, 0.1) is 28.1 Å². The summed E-state index contributed by atoms with van der Waals surface area (Å²) in [5.74, 6) is 1.34. The van der Waals surface area contributed by atoms with E-state index in [1.807, 2.05) is 49.4 Å². The van der Waals surface area contributed by atoms with Crippen LogP contribution in [0.4, 0.5) is 5.13 Å². The second kappa shape index (κ2) is 8.78. The maximum atomic E-state index is 13.4. The Morgan fingerprint density at radius 3 is 2.80 bits per heavy atom. The van der Waals surface area contributed by atoms with Crippen LogP contribution in [0, 0.1) is 6.92 Å². The fourth-order valence-electron chi connectivity index (χ4n) is 5.10. The molecule has 9 heteroatoms. The number of aliphatic hydroxyl groups excluding tert-OH is 1. The molecule has 7 nitrogen and oxygen atoms in total. The summed E-state index contributed by atoms with van der Waals surface area (Å²) in [6.45, 7) is 3.51. The van der Waals surface area contributed by atoms with Crippen LogP contribution in [0.3, 0.4) is 0 Å². The molecule has 0 spiro atoms. The fourth-order valence-corrected chi connectivity index (χ4v) is 6.46. The maximum absolute atomic E-state index is 13.4. The highest BCUT2D eigenvalue weighted by Crippen LogP contribution is 2.51. The van der Waals surface area contributed by atoms with Crippen molar-refractivity contribution in [2.75, 3.05) is 25.2 Å². The van der Waals surface area contributed by atoms with E-state index in [0.29, 0.717) is 28.2 Å². The van der Waals surface area contributed by atoms with E-state index in [4.69, 9.17) is 26.1 Å². The molecule has 3 heterocycles. The van der Waals surface area contributed by atoms with Crippen LogP contribution in [0.1, 0.15) is 47.0 Å². The molecular formula is C26H26ClN3O4S. The molecule has 0 bridgehead atoms. The standard InChI is InChI=1S/C26H26ClN3O4S/c1-15-23(22(30-11-8-17(31)13-30)18-4-2-3-5-19(18)27)35-25(28-15)29-24(32)26(9-10-26)16-6-7-20-21(12-16)34-14-33-20/h2-7,12,17,22,31H,8-11,13-14H2,1H3,(H,28,29,32)/t17-,22-/m0/s1. The normalized spacial score (nSPS) is 21.2. The van der Waals surface area contributed by atoms with Crippen LogP contribution < -0.4 is 14.8 Å². The minimum absolute atomic E-state index is 0.0532. The first kappa shape index (κ1) is 22.8. The van der Waals surface area contributed by atoms with Gasteiger partial charge in [-0.15, -0.1) is 0 Å². The van der Waals surface area contributed by atoms with Gasteiger partial charge >= 0.3 is 0 Å². The van der Waals surface area contributed by atoms with Gasteiger partial charge in [0.2, 0.25) is 12.7 Å². The number of ether oxygens (including phenoxy) is 2. The number of aliphatic hydroxyl groups is 1. The lowest BCUT2D eigenvalue weighted by Crippen LogP contribution is -2.28. The molecule has 2 aliphatic heterocycles. The van der Waals surface area contributed by atoms with E-state index in [-0.39, 0.29) is 24.8 Å². The summed E-state index contributed by atoms with van der Waals surface area (Å²) >= 11 is 8.09. The lowest BCUT2D eigenvalue weighted by atomic mass is 9.94. The van der Waals surface area contributed by atoms with Crippen molar-refractivity contribution in [3.63, 3.8) is 0 Å². The second-order valence-corrected chi connectivity index (χ2v) is 10.9. The summed E-state index contributed by atoms with van der Waals surface area (Å²) in [5, 5.41) is 14.5. The molecule has 2 atom stereocenters. The predicted molar refractivity (Wildman–Crippen MR) is 134 cm³/mol. The SMILES string of the molecule is Cc1nc(NC(=O)C2(c3ccc4c(c3)OCO4)CC2)sc1[C@H](c1ccccc1Cl)N1CC[C@H](O)C1. The number of β-amino-alcohol motifs (C(OH)–C–C–N with tert-alkyl or cyclic N) is 1. The number of benzene rings is 2. The largest absolute Gasteiger partial charge is 0.454 e. The van der Waals surface area contributed by atoms with Gasteiger partial charge in [0, 0.05) is 18.1 Å². The quantitative estimate of drug-likeness (QED) is 0.501. The van der Waals surface area contributed by atoms with Crippen molar-refractivity contribution >= 4 is 34.0 Å². The summed E-state index contributed by atoms with van der Waals surface area (Å²) in [6, 6.07) is 13.4. The number of halogens is 1. The zero-order valence-corrected chi connectivity index (χ0v) is 20.9. The van der Waals surface area contributed by atoms with Crippen LogP contribution in [0.25, 0.3) is 0 Å². The monoisotopic (exact) mass is 511 g/mol. The molecular weight excluding hydrogens is 486 g/mol. The molecule has 1 amide bonds. The van der Waals surface area contributed by atoms with Gasteiger partial charge in [-0.05, 0) is 55.5 Å². The number of aryl methyl sites for hydroxylation is 1. The van der Waals surface area contributed by atoms with E-state index in [2.05, 4.69) is 10.2 Å². The molecule has 35 heavy (non-hydrogen) atoms. The van der Waals surface area contributed by atoms with E-state index in [1.165, 1.54) is 11.3 Å². The first-order valence-corrected chi connectivity index (χ1v) is 13.0. The summed E-state index contributed by atoms with van der Waals surface area (Å²) < 4.78 is 10.9. The van der Waals surface area contributed by atoms with E-state index >= 15 is 0 Å². The van der Waals surface area contributed by atoms with Gasteiger partial charge < -0.3 is 19.9 Å². The van der Waals surface area contributed by atoms with Crippen LogP contribution in [0.15, 0.2) is 42.5 Å². The van der Waals surface area contributed by atoms with Gasteiger partial charge in [0.1, 0.15) is 0 Å². The number of carbonyl (C=O) groups excluding carboxylic acids is 1. The Morgan fingerprint density at radius 2 is 2.06 bits per heavy atom. The number of nitrogens with one attached hydrogen (secondary N) is 1. The van der Waals surface area contributed by atoms with Gasteiger partial charge in [0.25, 0.3) is 0 Å². The van der Waals surface area contributed by atoms with Crippen molar-refractivity contribution in [3.8, 4) is 11.5 Å². The molecule has 3 aromatic rings. The predicted octanol–water partition coefficient (Wildman–Crippen LogP) is 4.66. The second-order valence-electron chi connectivity index (χ2n) is 9.43. The van der Waals surface area contributed by atoms with Gasteiger partial charge in [-0.1, -0.05) is 47.2 Å². The Balaban J connectivity index is 1.28. The van der Waals surface area contributed by atoms with Gasteiger partial charge in [0.15, 0.2) is 16.6 Å². The van der Waals surface area contributed by atoms with Crippen LogP contribution >= 0.6 is 22.9 Å². The number of hydrogen-bond donors (Lipinski definition) is 2. The number of hydrogen-bond acceptors (Lipinski definition) is 7. The van der Waals surface area contributed by atoms with Crippen molar-refractivity contribution in [3.05, 3.63) is 69.2 Å². The number of carbonyl (C=O) groups is 1. The zero-order chi connectivity index (χ0) is 24.2. The van der Waals surface area contributed by atoms with Crippen molar-refractivity contribution in [2.24, 2.45) is 0 Å². The molecule has 1 aromatic heterocycles. The zero-order valence-electron chi connectivity index (χ0n) is 19.3. The van der Waals surface area contributed by atoms with E-state index in [1.54, 1.807) is 0 Å². The molecule has 0 unspecified atom stereocenters. The minimum Gasteiger partial charge on any atom is -0.454 e. The molecule has 182 valence electrons. The smallest absolute Gasteiger partial charge is 0.236 e. The van der Waals surface area contributed by atoms with Gasteiger partial charge in [-0.3, -0.25) is 9.69 Å². The first-order chi connectivity index (χ1) is 16.9. The van der Waals surface area contributed by atoms with Crippen molar-refractivity contribution in [1.82, 2.24) is 9.88 Å². The molecule has 0 radical (unpaired) electrons. The molecule has 1 saturated heterocycles. The van der Waals surface area contributed by atoms with E-state index in [0.717, 1.165) is 47.5 Å². The van der Waals surface area contributed by atoms with Crippen molar-refractivity contribution in [2.45, 2.75) is 43.7 Å². The Hall–Kier alpha value is -2.65. The summed E-state index contributed by atoms with van der Waals surface area (Å²) in [7, 11) is 0. The van der Waals surface area contributed by atoms with Crippen molar-refractivity contribution in [1.29, 1.82) is 0 Å². The Labute approximate surface area is 212 Å². The van der Waals surface area contributed by atoms with E-state index < -0.39 is 5.41 Å². The lowest BCUT2D eigenvalue weighted by molar-refractivity contribution is -0.118. The van der Waals surface area contributed by atoms with Gasteiger partial charge in [-0.2, -0.15) is 0 Å². The van der Waals surface area contributed by atoms with Crippen LogP contribution in [-0.2, 0) is 10.2 Å². The summed E-state index contributed by atoms with van der Waals surface area (Å²) in [4.78, 5) is 21.4. The first-order valence-electron chi connectivity index (χ1n) is 11.8. The number of aromatic nitrogens is 1. The Morgan fingerprint density at radius 1 is 1.26 bits per heavy atom. The number of amides is 1. The van der Waals surface area contributed by atoms with Crippen LogP contribution in [0.5, 0.6) is 11.5 Å². The third-order valence-corrected chi connectivity index (χ3v) is 8.64. The van der Waals surface area contributed by atoms with Gasteiger partial charge in [-0.25, -0.2) is 4.98 Å². The highest BCUT2D eigenvalue weighted by molar-refractivity contribution is 7.16. The number of fused-ring (bicyclic) bond motifs is 1. The minimum atomic E-state index is -0.568. The molecule has 2 N–H and O–H groups in total. The Kier molecular flexibility index (Phi) is 5.72. The maximum Gasteiger partial charge on any atom is 0.236 e. The number of thiazole rings is 1. The number of anilines is 1. The third kappa shape index (κ3) is 4.08. The molecule has 2 fully saturated rings. The van der Waals surface area contributed by atoms with E-state index in [9.17, 15) is 9.90 Å².